The zero-order chi connectivity index (χ0) is 53.1. The van der Waals surface area contributed by atoms with Crippen LogP contribution in [0.15, 0.2) is 48.7 Å². The molecule has 20 heteroatoms. The number of imide groups is 2. The minimum atomic E-state index is -1.07. The first-order valence-electron chi connectivity index (χ1n) is 26.1. The Balaban J connectivity index is 0.657. The average molecular weight is 1070 g/mol. The molecule has 7 rings (SSSR count). The van der Waals surface area contributed by atoms with E-state index in [0.717, 1.165) is 102 Å². The molecule has 4 aromatic rings. The van der Waals surface area contributed by atoms with Gasteiger partial charge in [-0.2, -0.15) is 5.26 Å². The Labute approximate surface area is 448 Å². The number of carbonyl (C=O) groups is 5. The molecule has 402 valence electrons. The molecule has 1 atom stereocenters. The van der Waals surface area contributed by atoms with Crippen LogP contribution in [0, 0.1) is 11.3 Å². The Kier molecular flexibility index (Phi) is 21.7. The largest absolute Gasteiger partial charge is 0.495 e. The van der Waals surface area contributed by atoms with Crippen molar-refractivity contribution < 1.29 is 47.7 Å². The summed E-state index contributed by atoms with van der Waals surface area (Å²) < 4.78 is 29.0. The van der Waals surface area contributed by atoms with Gasteiger partial charge < -0.3 is 44.1 Å². The van der Waals surface area contributed by atoms with Crippen LogP contribution in [-0.4, -0.2) is 142 Å². The lowest BCUT2D eigenvalue weighted by Crippen LogP contribution is -2.54. The second-order valence-corrected chi connectivity index (χ2v) is 19.7. The summed E-state index contributed by atoms with van der Waals surface area (Å²) in [6.07, 6.45) is 12.7. The number of anilines is 3. The predicted octanol–water partition coefficient (Wildman–Crippen LogP) is 8.92. The van der Waals surface area contributed by atoms with E-state index in [1.54, 1.807) is 31.4 Å². The van der Waals surface area contributed by atoms with Crippen molar-refractivity contribution in [3.8, 4) is 23.3 Å². The number of pyridine rings is 1. The van der Waals surface area contributed by atoms with Crippen molar-refractivity contribution in [1.29, 1.82) is 5.26 Å². The molecule has 0 radical (unpaired) electrons. The van der Waals surface area contributed by atoms with Crippen molar-refractivity contribution in [3.05, 3.63) is 75.4 Å². The highest BCUT2D eigenvalue weighted by Crippen LogP contribution is 2.41. The molecule has 18 nitrogen and oxygen atoms in total. The van der Waals surface area contributed by atoms with Crippen molar-refractivity contribution in [2.24, 2.45) is 0 Å². The number of piperazine rings is 1. The van der Waals surface area contributed by atoms with Gasteiger partial charge in [-0.15, -0.1) is 0 Å². The summed E-state index contributed by atoms with van der Waals surface area (Å²) >= 11 is 12.8. The van der Waals surface area contributed by atoms with Crippen LogP contribution >= 0.6 is 23.2 Å². The third-order valence-corrected chi connectivity index (χ3v) is 14.2. The first-order chi connectivity index (χ1) is 36.5. The zero-order valence-corrected chi connectivity index (χ0v) is 44.5. The fraction of sp³-hybridized carbons (Fsp3) is 0.509. The van der Waals surface area contributed by atoms with Gasteiger partial charge in [0.25, 0.3) is 11.8 Å². The number of unbranched alkanes of at least 4 members (excludes halogenated alkanes) is 7. The molecule has 0 aliphatic carbocycles. The second-order valence-electron chi connectivity index (χ2n) is 18.9. The van der Waals surface area contributed by atoms with Crippen LogP contribution in [0.25, 0.3) is 10.9 Å². The number of ether oxygens (including phenoxy) is 5. The maximum Gasteiger partial charge on any atom is 0.264 e. The molecule has 5 amide bonds. The molecule has 3 aliphatic rings. The van der Waals surface area contributed by atoms with E-state index >= 15 is 0 Å². The number of hydrogen-bond acceptors (Lipinski definition) is 15. The van der Waals surface area contributed by atoms with Crippen molar-refractivity contribution in [1.82, 2.24) is 25.0 Å². The Bertz CT molecular complexity index is 2690. The number of fused-ring (bicyclic) bond motifs is 2. The summed E-state index contributed by atoms with van der Waals surface area (Å²) in [5, 5.41) is 19.6. The molecule has 3 aromatic carbocycles. The van der Waals surface area contributed by atoms with Crippen LogP contribution in [0.4, 0.5) is 17.1 Å². The fourth-order valence-electron chi connectivity index (χ4n) is 9.50. The number of carbonyl (C=O) groups excluding carboxylic acids is 5. The van der Waals surface area contributed by atoms with Gasteiger partial charge in [-0.25, -0.2) is 0 Å². The maximum absolute atomic E-state index is 13.3. The number of nitriles is 1. The van der Waals surface area contributed by atoms with Crippen LogP contribution < -0.4 is 30.2 Å². The Morgan fingerprint density at radius 2 is 1.40 bits per heavy atom. The number of methoxy groups -OCH3 is 2. The molecule has 75 heavy (non-hydrogen) atoms. The van der Waals surface area contributed by atoms with Gasteiger partial charge in [-0.05, 0) is 88.6 Å². The van der Waals surface area contributed by atoms with E-state index in [1.165, 1.54) is 38.6 Å². The number of hydrogen-bond donors (Lipinski definition) is 3. The second kappa shape index (κ2) is 28.7. The predicted molar refractivity (Wildman–Crippen MR) is 286 cm³/mol. The monoisotopic (exact) mass is 1070 g/mol. The number of aromatic nitrogens is 1. The topological polar surface area (TPSA) is 214 Å². The van der Waals surface area contributed by atoms with Crippen LogP contribution in [0.2, 0.25) is 10.0 Å². The normalized spacial score (nSPS) is 16.0. The molecule has 2 saturated heterocycles. The molecule has 1 aromatic heterocycles. The van der Waals surface area contributed by atoms with E-state index in [0.29, 0.717) is 81.4 Å². The minimum absolute atomic E-state index is 0.0340. The highest BCUT2D eigenvalue weighted by atomic mass is 35.5. The van der Waals surface area contributed by atoms with Gasteiger partial charge in [0, 0.05) is 95.7 Å². The Morgan fingerprint density at radius 3 is 2.07 bits per heavy atom. The lowest BCUT2D eigenvalue weighted by molar-refractivity contribution is -0.136. The standard InChI is InChI=1S/C55H68Cl2N8O10/c1-71-46-34-44(40(56)32-41(46)57)61-52-37(35-58)36-59-43-33-48(47(72-2)31-39(43)52)75-30-14-21-64-24-22-63(23-25-64)20-8-3-4-9-26-73-28-11-6-12-29-74-27-10-5-7-17-49(66)60-42-16-13-15-38-51(42)55(70)65(54(38)69)45-18-19-50(67)62-53(45)68/h13,15-16,31-34,36,45H,3-12,14,17-30H2,1-2H3,(H,59,61)(H,60,66)(H,62,67,68). The summed E-state index contributed by atoms with van der Waals surface area (Å²) in [6.45, 7) is 9.73. The highest BCUT2D eigenvalue weighted by Gasteiger charge is 2.45. The minimum Gasteiger partial charge on any atom is -0.495 e. The molecule has 3 aliphatic heterocycles. The lowest BCUT2D eigenvalue weighted by Gasteiger charge is -2.34. The summed E-state index contributed by atoms with van der Waals surface area (Å²) in [6, 6.07) is 12.7. The summed E-state index contributed by atoms with van der Waals surface area (Å²) in [7, 11) is 3.11. The average Bonchev–Trinajstić information content (AvgIpc) is 3.67. The number of piperidine rings is 1. The number of amides is 5. The first-order valence-corrected chi connectivity index (χ1v) is 26.8. The van der Waals surface area contributed by atoms with Crippen LogP contribution in [0.3, 0.4) is 0 Å². The molecular weight excluding hydrogens is 1000 g/mol. The third kappa shape index (κ3) is 15.5. The zero-order valence-electron chi connectivity index (χ0n) is 42.9. The highest BCUT2D eigenvalue weighted by molar-refractivity contribution is 6.37. The first kappa shape index (κ1) is 56.7. The molecule has 2 fully saturated rings. The van der Waals surface area contributed by atoms with Gasteiger partial charge in [-0.3, -0.25) is 39.2 Å². The smallest absolute Gasteiger partial charge is 0.264 e. The quantitative estimate of drug-likeness (QED) is 0.0328. The van der Waals surface area contributed by atoms with E-state index in [2.05, 4.69) is 36.8 Å². The number of benzene rings is 3. The van der Waals surface area contributed by atoms with Gasteiger partial charge in [0.15, 0.2) is 11.5 Å². The van der Waals surface area contributed by atoms with Gasteiger partial charge in [0.2, 0.25) is 17.7 Å². The number of nitrogens with one attached hydrogen (secondary N) is 3. The van der Waals surface area contributed by atoms with E-state index in [1.807, 2.05) is 12.1 Å². The van der Waals surface area contributed by atoms with Gasteiger partial charge in [0.05, 0.1) is 70.1 Å². The molecule has 4 heterocycles. The Morgan fingerprint density at radius 1 is 0.747 bits per heavy atom. The van der Waals surface area contributed by atoms with Crippen molar-refractivity contribution in [3.63, 3.8) is 0 Å². The van der Waals surface area contributed by atoms with Crippen LogP contribution in [-0.2, 0) is 23.9 Å². The van der Waals surface area contributed by atoms with Crippen LogP contribution in [0.1, 0.15) is 116 Å². The molecule has 0 spiro atoms. The van der Waals surface area contributed by atoms with Gasteiger partial charge in [-0.1, -0.05) is 48.5 Å². The van der Waals surface area contributed by atoms with Crippen molar-refractivity contribution in [2.75, 3.05) is 97.2 Å². The SMILES string of the molecule is COc1cc(Nc2c(C#N)cnc3cc(OCCCN4CCN(CCCCCCOCCCCCOCCCCCC(=O)Nc5cccc6c5C(=O)N(C5CCC(=O)NC5=O)C6=O)CC4)c(OC)cc23)c(Cl)cc1Cl. The molecule has 3 N–H and O–H groups in total. The molecule has 0 saturated carbocycles. The number of nitrogens with zero attached hydrogens (tertiary/aromatic N) is 5. The lowest BCUT2D eigenvalue weighted by atomic mass is 10.0. The number of halogens is 2. The summed E-state index contributed by atoms with van der Waals surface area (Å²) in [5.74, 6) is -1.08. The fourth-order valence-corrected chi connectivity index (χ4v) is 10.0. The van der Waals surface area contributed by atoms with E-state index in [9.17, 15) is 29.2 Å². The molecule has 0 bridgehead atoms. The Hall–Kier alpha value is -6.07. The van der Waals surface area contributed by atoms with Crippen LogP contribution in [0.5, 0.6) is 17.2 Å². The van der Waals surface area contributed by atoms with Gasteiger partial charge >= 0.3 is 0 Å². The van der Waals surface area contributed by atoms with Gasteiger partial charge in [0.1, 0.15) is 17.9 Å². The molecule has 1 unspecified atom stereocenters. The molecular formula is C55H68Cl2N8O10. The summed E-state index contributed by atoms with van der Waals surface area (Å²) in [4.78, 5) is 73.5. The number of rotatable bonds is 30. The van der Waals surface area contributed by atoms with E-state index < -0.39 is 29.7 Å². The summed E-state index contributed by atoms with van der Waals surface area (Å²) in [5.41, 5.74) is 2.46. The van der Waals surface area contributed by atoms with Crippen molar-refractivity contribution >= 4 is 80.7 Å². The van der Waals surface area contributed by atoms with E-state index in [-0.39, 0.29) is 42.0 Å². The maximum atomic E-state index is 13.3. The third-order valence-electron chi connectivity index (χ3n) is 13.6. The van der Waals surface area contributed by atoms with Crippen molar-refractivity contribution in [2.45, 2.75) is 95.9 Å². The van der Waals surface area contributed by atoms with E-state index in [4.69, 9.17) is 46.9 Å².